The van der Waals surface area contributed by atoms with E-state index < -0.39 is 11.6 Å². The Kier molecular flexibility index (Phi) is 6.00. The van der Waals surface area contributed by atoms with Crippen molar-refractivity contribution in [1.82, 2.24) is 10.2 Å². The van der Waals surface area contributed by atoms with Crippen LogP contribution in [0.2, 0.25) is 5.02 Å². The highest BCUT2D eigenvalue weighted by molar-refractivity contribution is 9.10. The van der Waals surface area contributed by atoms with Crippen LogP contribution in [0.1, 0.15) is 38.2 Å². The molecule has 5 nitrogen and oxygen atoms in total. The maximum Gasteiger partial charge on any atom is 0.198 e. The Balaban J connectivity index is 1.87. The van der Waals surface area contributed by atoms with Gasteiger partial charge in [0, 0.05) is 17.8 Å². The number of benzene rings is 3. The highest BCUT2D eigenvalue weighted by atomic mass is 79.9. The minimum atomic E-state index is -0.591. The lowest BCUT2D eigenvalue weighted by molar-refractivity contribution is 0.103. The third-order valence-electron chi connectivity index (χ3n) is 5.37. The number of rotatable bonds is 5. The van der Waals surface area contributed by atoms with Crippen LogP contribution in [-0.2, 0) is 6.54 Å². The number of nitrogens with zero attached hydrogens (tertiary/aromatic N) is 2. The summed E-state index contributed by atoms with van der Waals surface area (Å²) in [5, 5.41) is 20.8. The number of ketones is 1. The molecule has 0 saturated heterocycles. The first kappa shape index (κ1) is 22.0. The molecule has 0 bridgehead atoms. The van der Waals surface area contributed by atoms with Gasteiger partial charge in [-0.2, -0.15) is 10.4 Å². The Morgan fingerprint density at radius 1 is 1.22 bits per heavy atom. The summed E-state index contributed by atoms with van der Waals surface area (Å²) in [7, 11) is 0. The first-order valence-corrected chi connectivity index (χ1v) is 10.9. The number of anilines is 1. The smallest absolute Gasteiger partial charge is 0.198 e. The molecule has 160 valence electrons. The summed E-state index contributed by atoms with van der Waals surface area (Å²) in [4.78, 5) is 13.5. The SMILES string of the molecule is Cc1ccc(CNc2cc3n[nH]c(Br)c3c(C#N)c2C(=O)c2cc(F)ccc2Cl)cc1C. The fraction of sp³-hybridized carbons (Fsp3) is 0.125. The van der Waals surface area contributed by atoms with Gasteiger partial charge < -0.3 is 5.32 Å². The Hall–Kier alpha value is -3.21. The van der Waals surface area contributed by atoms with E-state index in [1.807, 2.05) is 26.0 Å². The summed E-state index contributed by atoms with van der Waals surface area (Å²) >= 11 is 9.56. The van der Waals surface area contributed by atoms with E-state index in [1.165, 1.54) is 17.7 Å². The Morgan fingerprint density at radius 3 is 2.72 bits per heavy atom. The quantitative estimate of drug-likeness (QED) is 0.302. The van der Waals surface area contributed by atoms with Crippen LogP contribution in [0.4, 0.5) is 10.1 Å². The van der Waals surface area contributed by atoms with E-state index >= 15 is 0 Å². The molecule has 0 aliphatic rings. The van der Waals surface area contributed by atoms with E-state index in [-0.39, 0.29) is 21.7 Å². The monoisotopic (exact) mass is 510 g/mol. The molecule has 0 amide bonds. The van der Waals surface area contributed by atoms with Crippen molar-refractivity contribution in [3.05, 3.63) is 91.3 Å². The summed E-state index contributed by atoms with van der Waals surface area (Å²) in [6, 6.07) is 13.5. The number of H-pyrrole nitrogens is 1. The number of hydrogen-bond acceptors (Lipinski definition) is 4. The predicted octanol–water partition coefficient (Wildman–Crippen LogP) is 6.45. The Morgan fingerprint density at radius 2 is 2.00 bits per heavy atom. The number of nitriles is 1. The molecular weight excluding hydrogens is 495 g/mol. The number of nitrogens with one attached hydrogen (secondary N) is 2. The molecule has 2 N–H and O–H groups in total. The minimum absolute atomic E-state index is 0.0173. The van der Waals surface area contributed by atoms with Crippen molar-refractivity contribution in [2.75, 3.05) is 5.32 Å². The van der Waals surface area contributed by atoms with Gasteiger partial charge in [-0.1, -0.05) is 29.8 Å². The van der Waals surface area contributed by atoms with Crippen molar-refractivity contribution >= 4 is 49.9 Å². The van der Waals surface area contributed by atoms with Crippen molar-refractivity contribution < 1.29 is 9.18 Å². The van der Waals surface area contributed by atoms with Gasteiger partial charge in [0.15, 0.2) is 5.78 Å². The van der Waals surface area contributed by atoms with E-state index in [4.69, 9.17) is 11.6 Å². The van der Waals surface area contributed by atoms with Crippen LogP contribution < -0.4 is 5.32 Å². The van der Waals surface area contributed by atoms with Gasteiger partial charge in [-0.25, -0.2) is 4.39 Å². The summed E-state index contributed by atoms with van der Waals surface area (Å²) < 4.78 is 14.4. The molecule has 0 radical (unpaired) electrons. The second-order valence-electron chi connectivity index (χ2n) is 7.44. The number of aromatic amines is 1. The predicted molar refractivity (Wildman–Crippen MR) is 127 cm³/mol. The van der Waals surface area contributed by atoms with Crippen LogP contribution in [0, 0.1) is 31.0 Å². The fourth-order valence-electron chi connectivity index (χ4n) is 3.55. The summed E-state index contributed by atoms with van der Waals surface area (Å²) in [6.45, 7) is 4.48. The summed E-state index contributed by atoms with van der Waals surface area (Å²) in [5.74, 6) is -1.14. The Bertz CT molecular complexity index is 1420. The van der Waals surface area contributed by atoms with Crippen molar-refractivity contribution in [3.8, 4) is 6.07 Å². The molecule has 0 unspecified atom stereocenters. The third-order valence-corrected chi connectivity index (χ3v) is 6.27. The molecule has 3 aromatic carbocycles. The minimum Gasteiger partial charge on any atom is -0.380 e. The maximum absolute atomic E-state index is 13.9. The van der Waals surface area contributed by atoms with Crippen LogP contribution in [0.3, 0.4) is 0 Å². The van der Waals surface area contributed by atoms with E-state index in [1.54, 1.807) is 6.07 Å². The van der Waals surface area contributed by atoms with Gasteiger partial charge in [-0.05, 0) is 70.7 Å². The molecule has 4 aromatic rings. The molecular formula is C24H17BrClFN4O. The molecule has 0 aliphatic heterocycles. The van der Waals surface area contributed by atoms with Crippen molar-refractivity contribution in [3.63, 3.8) is 0 Å². The molecule has 0 aliphatic carbocycles. The van der Waals surface area contributed by atoms with Gasteiger partial charge in [0.2, 0.25) is 0 Å². The molecule has 1 aromatic heterocycles. The molecule has 8 heteroatoms. The normalized spacial score (nSPS) is 10.9. The molecule has 0 saturated carbocycles. The zero-order valence-electron chi connectivity index (χ0n) is 17.2. The van der Waals surface area contributed by atoms with E-state index in [2.05, 4.69) is 43.6 Å². The topological polar surface area (TPSA) is 81.6 Å². The standard InChI is InChI=1S/C24H17BrClFN4O/c1-12-3-4-14(7-13(12)2)11-29-19-9-20-22(24(25)31-30-20)17(10-28)21(19)23(32)16-8-15(27)5-6-18(16)26/h3-9,29H,11H2,1-2H3,(H,30,31). The maximum atomic E-state index is 13.9. The molecule has 4 rings (SSSR count). The van der Waals surface area contributed by atoms with Crippen LogP contribution >= 0.6 is 27.5 Å². The van der Waals surface area contributed by atoms with Crippen LogP contribution in [-0.4, -0.2) is 16.0 Å². The zero-order valence-corrected chi connectivity index (χ0v) is 19.5. The largest absolute Gasteiger partial charge is 0.380 e. The average molecular weight is 512 g/mol. The molecule has 0 fully saturated rings. The second kappa shape index (κ2) is 8.73. The summed E-state index contributed by atoms with van der Waals surface area (Å²) in [6.07, 6.45) is 0. The highest BCUT2D eigenvalue weighted by Gasteiger charge is 2.25. The van der Waals surface area contributed by atoms with Crippen molar-refractivity contribution in [1.29, 1.82) is 5.26 Å². The van der Waals surface area contributed by atoms with Gasteiger partial charge in [0.1, 0.15) is 16.5 Å². The molecule has 0 atom stereocenters. The average Bonchev–Trinajstić information content (AvgIpc) is 3.15. The Labute approximate surface area is 197 Å². The second-order valence-corrected chi connectivity index (χ2v) is 8.64. The van der Waals surface area contributed by atoms with Gasteiger partial charge in [-0.3, -0.25) is 9.89 Å². The molecule has 32 heavy (non-hydrogen) atoms. The number of carbonyl (C=O) groups excluding carboxylic acids is 1. The van der Waals surface area contributed by atoms with Gasteiger partial charge >= 0.3 is 0 Å². The van der Waals surface area contributed by atoms with E-state index in [0.29, 0.717) is 27.7 Å². The lowest BCUT2D eigenvalue weighted by Crippen LogP contribution is -2.12. The first-order chi connectivity index (χ1) is 15.3. The van der Waals surface area contributed by atoms with Crippen molar-refractivity contribution in [2.45, 2.75) is 20.4 Å². The number of aryl methyl sites for hydroxylation is 2. The van der Waals surface area contributed by atoms with E-state index in [0.717, 1.165) is 17.2 Å². The van der Waals surface area contributed by atoms with Crippen LogP contribution in [0.5, 0.6) is 0 Å². The summed E-state index contributed by atoms with van der Waals surface area (Å²) in [5.41, 5.74) is 4.48. The van der Waals surface area contributed by atoms with E-state index in [9.17, 15) is 14.4 Å². The lowest BCUT2D eigenvalue weighted by atomic mass is 9.94. The third kappa shape index (κ3) is 3.99. The number of fused-ring (bicyclic) bond motifs is 1. The van der Waals surface area contributed by atoms with Gasteiger partial charge in [-0.15, -0.1) is 0 Å². The zero-order chi connectivity index (χ0) is 23.0. The number of halogens is 3. The highest BCUT2D eigenvalue weighted by Crippen LogP contribution is 2.35. The number of hydrogen-bond donors (Lipinski definition) is 2. The van der Waals surface area contributed by atoms with Crippen LogP contribution in [0.15, 0.2) is 47.1 Å². The lowest BCUT2D eigenvalue weighted by Gasteiger charge is -2.15. The van der Waals surface area contributed by atoms with Gasteiger partial charge in [0.25, 0.3) is 0 Å². The molecule has 1 heterocycles. The van der Waals surface area contributed by atoms with Crippen LogP contribution in [0.25, 0.3) is 10.9 Å². The first-order valence-electron chi connectivity index (χ1n) is 9.70. The number of aromatic nitrogens is 2. The van der Waals surface area contributed by atoms with Gasteiger partial charge in [0.05, 0.1) is 27.1 Å². The number of carbonyl (C=O) groups is 1. The molecule has 0 spiro atoms. The van der Waals surface area contributed by atoms with Crippen molar-refractivity contribution in [2.24, 2.45) is 0 Å². The fourth-order valence-corrected chi connectivity index (χ4v) is 4.24.